The highest BCUT2D eigenvalue weighted by atomic mass is 32.2. The van der Waals surface area contributed by atoms with Crippen LogP contribution in [0.1, 0.15) is 12.8 Å². The molecular weight excluding hydrogens is 333 g/mol. The summed E-state index contributed by atoms with van der Waals surface area (Å²) in [5.74, 6) is 0.958. The van der Waals surface area contributed by atoms with Crippen LogP contribution in [0.25, 0.3) is 0 Å². The van der Waals surface area contributed by atoms with Crippen LogP contribution in [0.3, 0.4) is 0 Å². The Hall–Kier alpha value is -0.0400. The molecule has 118 valence electrons. The lowest BCUT2D eigenvalue weighted by atomic mass is 10.4. The maximum atomic E-state index is 10.7. The van der Waals surface area contributed by atoms with Gasteiger partial charge in [-0.05, 0) is 23.7 Å². The van der Waals surface area contributed by atoms with E-state index in [4.69, 9.17) is 17.5 Å². The lowest BCUT2D eigenvalue weighted by Crippen LogP contribution is -2.21. The van der Waals surface area contributed by atoms with Crippen LogP contribution >= 0.6 is 0 Å². The molecule has 12 heteroatoms. The fraction of sp³-hybridized carbons (Fsp3) is 1.00. The molecule has 0 aliphatic rings. The van der Waals surface area contributed by atoms with Crippen molar-refractivity contribution >= 4 is 31.1 Å². The van der Waals surface area contributed by atoms with Crippen molar-refractivity contribution in [2.75, 3.05) is 24.0 Å². The Kier molecular flexibility index (Phi) is 9.28. The standard InChI is InChI=1S/C6H14O3S2.CHF3O3S/c1-10(2)5-3-4-6-11(7,8)9;2-1(3,4)8(5,6)7/h3-6H2,1-2H3;(H,5,6,7). The van der Waals surface area contributed by atoms with Gasteiger partial charge in [0.2, 0.25) is 0 Å². The molecule has 0 atom stereocenters. The second kappa shape index (κ2) is 8.29. The van der Waals surface area contributed by atoms with Crippen molar-refractivity contribution in [3.05, 3.63) is 0 Å². The van der Waals surface area contributed by atoms with Crippen LogP contribution in [-0.2, 0) is 31.1 Å². The van der Waals surface area contributed by atoms with Gasteiger partial charge in [0.05, 0.1) is 18.3 Å². The van der Waals surface area contributed by atoms with Crippen molar-refractivity contribution in [2.24, 2.45) is 0 Å². The minimum Gasteiger partial charge on any atom is -0.741 e. The first-order chi connectivity index (χ1) is 8.17. The molecule has 0 fully saturated rings. The van der Waals surface area contributed by atoms with Crippen LogP contribution in [0.4, 0.5) is 13.2 Å². The predicted molar refractivity (Wildman–Crippen MR) is 65.5 cm³/mol. The summed E-state index contributed by atoms with van der Waals surface area (Å²) >= 11 is 0. The van der Waals surface area contributed by atoms with E-state index in [2.05, 4.69) is 12.5 Å². The van der Waals surface area contributed by atoms with Crippen LogP contribution in [0, 0.1) is 0 Å². The van der Waals surface area contributed by atoms with E-state index in [1.165, 1.54) is 0 Å². The van der Waals surface area contributed by atoms with Crippen molar-refractivity contribution in [1.29, 1.82) is 0 Å². The summed E-state index contributed by atoms with van der Waals surface area (Å²) in [4.78, 5) is 0. The number of hydrogen-bond donors (Lipinski definition) is 1. The Morgan fingerprint density at radius 2 is 1.47 bits per heavy atom. The number of alkyl halides is 3. The van der Waals surface area contributed by atoms with E-state index in [-0.39, 0.29) is 5.75 Å². The van der Waals surface area contributed by atoms with E-state index in [0.29, 0.717) is 17.3 Å². The van der Waals surface area contributed by atoms with Crippen LogP contribution in [0.15, 0.2) is 0 Å². The Labute approximate surface area is 113 Å². The van der Waals surface area contributed by atoms with E-state index < -0.39 is 25.7 Å². The zero-order valence-corrected chi connectivity index (χ0v) is 12.6. The van der Waals surface area contributed by atoms with Gasteiger partial charge in [0.15, 0.2) is 10.1 Å². The van der Waals surface area contributed by atoms with E-state index in [1.54, 1.807) is 0 Å². The van der Waals surface area contributed by atoms with Crippen LogP contribution in [-0.4, -0.2) is 55.5 Å². The normalized spacial score (nSPS) is 13.1. The molecule has 0 aromatic carbocycles. The first-order valence-corrected chi connectivity index (χ1v) is 9.91. The molecule has 0 aromatic rings. The summed E-state index contributed by atoms with van der Waals surface area (Å²) in [6, 6.07) is 0. The van der Waals surface area contributed by atoms with E-state index >= 15 is 0 Å². The summed E-state index contributed by atoms with van der Waals surface area (Å²) in [5.41, 5.74) is -5.65. The summed E-state index contributed by atoms with van der Waals surface area (Å²) in [6.45, 7) is 0. The van der Waals surface area contributed by atoms with Crippen molar-refractivity contribution in [3.63, 3.8) is 0 Å². The van der Waals surface area contributed by atoms with Gasteiger partial charge in [-0.2, -0.15) is 21.6 Å². The van der Waals surface area contributed by atoms with Gasteiger partial charge in [-0.25, -0.2) is 8.42 Å². The van der Waals surface area contributed by atoms with E-state index in [9.17, 15) is 21.6 Å². The smallest absolute Gasteiger partial charge is 0.485 e. The van der Waals surface area contributed by atoms with Gasteiger partial charge in [-0.1, -0.05) is 0 Å². The summed E-state index contributed by atoms with van der Waals surface area (Å²) in [5, 5.41) is 0. The van der Waals surface area contributed by atoms with Gasteiger partial charge in [0.1, 0.15) is 5.75 Å². The average Bonchev–Trinajstić information content (AvgIpc) is 2.08. The number of hydrogen-bond acceptors (Lipinski definition) is 5. The minimum atomic E-state index is -6.09. The third-order valence-electron chi connectivity index (χ3n) is 1.49. The lowest BCUT2D eigenvalue weighted by molar-refractivity contribution is -0.0517. The molecule has 0 radical (unpaired) electrons. The highest BCUT2D eigenvalue weighted by Crippen LogP contribution is 2.20. The van der Waals surface area contributed by atoms with Gasteiger partial charge < -0.3 is 4.55 Å². The summed E-state index contributed by atoms with van der Waals surface area (Å²) in [6.07, 6.45) is 5.70. The van der Waals surface area contributed by atoms with Crippen LogP contribution in [0.2, 0.25) is 0 Å². The number of unbranched alkanes of at least 4 members (excludes halogenated alkanes) is 1. The van der Waals surface area contributed by atoms with Gasteiger partial charge in [-0.15, -0.1) is 0 Å². The van der Waals surface area contributed by atoms with Crippen LogP contribution < -0.4 is 0 Å². The summed E-state index contributed by atoms with van der Waals surface area (Å²) in [7, 11) is -9.43. The van der Waals surface area contributed by atoms with E-state index in [1.807, 2.05) is 0 Å². The van der Waals surface area contributed by atoms with Gasteiger partial charge in [0, 0.05) is 0 Å². The van der Waals surface area contributed by atoms with Gasteiger partial charge in [0.25, 0.3) is 10.1 Å². The average molecular weight is 348 g/mol. The molecule has 0 saturated heterocycles. The van der Waals surface area contributed by atoms with Gasteiger partial charge in [-0.3, -0.25) is 4.55 Å². The molecule has 0 amide bonds. The van der Waals surface area contributed by atoms with Crippen molar-refractivity contribution < 1.29 is 39.1 Å². The molecule has 0 bridgehead atoms. The molecule has 0 saturated carbocycles. The molecule has 0 spiro atoms. The fourth-order valence-electron chi connectivity index (χ4n) is 0.675. The summed E-state index contributed by atoms with van der Waals surface area (Å²) < 4.78 is 87.7. The third-order valence-corrected chi connectivity index (χ3v) is 3.97. The fourth-order valence-corrected chi connectivity index (χ4v) is 2.03. The third kappa shape index (κ3) is 15.9. The molecule has 19 heavy (non-hydrogen) atoms. The SMILES string of the molecule is C[S+](C)CCCCS(=O)(=O)O.O=S(=O)([O-])C(F)(F)F. The monoisotopic (exact) mass is 348 g/mol. The maximum Gasteiger partial charge on any atom is 0.485 e. The number of rotatable bonds is 5. The Bertz CT molecular complexity index is 439. The second-order valence-corrected chi connectivity index (χ2v) is 8.91. The Balaban J connectivity index is 0. The Morgan fingerprint density at radius 3 is 1.68 bits per heavy atom. The molecule has 1 N–H and O–H groups in total. The molecule has 0 aliphatic heterocycles. The first-order valence-electron chi connectivity index (χ1n) is 4.68. The Morgan fingerprint density at radius 1 is 1.11 bits per heavy atom. The number of halogens is 3. The minimum absolute atomic E-state index is 0.0931. The predicted octanol–water partition coefficient (Wildman–Crippen LogP) is 0.584. The van der Waals surface area contributed by atoms with Crippen molar-refractivity contribution in [3.8, 4) is 0 Å². The lowest BCUT2D eigenvalue weighted by Gasteiger charge is -2.08. The largest absolute Gasteiger partial charge is 0.741 e. The maximum absolute atomic E-state index is 10.7. The van der Waals surface area contributed by atoms with Crippen molar-refractivity contribution in [2.45, 2.75) is 18.3 Å². The molecule has 0 aromatic heterocycles. The molecule has 0 unspecified atom stereocenters. The van der Waals surface area contributed by atoms with Crippen LogP contribution in [0.5, 0.6) is 0 Å². The highest BCUT2D eigenvalue weighted by molar-refractivity contribution is 7.95. The molecule has 0 rings (SSSR count). The molecular formula is C7H15F3O6S3. The van der Waals surface area contributed by atoms with E-state index in [0.717, 1.165) is 12.2 Å². The van der Waals surface area contributed by atoms with Crippen molar-refractivity contribution in [1.82, 2.24) is 0 Å². The topological polar surface area (TPSA) is 112 Å². The molecule has 6 nitrogen and oxygen atoms in total. The molecule has 0 heterocycles. The zero-order chi connectivity index (χ0) is 15.9. The van der Waals surface area contributed by atoms with Gasteiger partial charge >= 0.3 is 5.51 Å². The highest BCUT2D eigenvalue weighted by Gasteiger charge is 2.36. The zero-order valence-electron chi connectivity index (χ0n) is 10.2. The first kappa shape index (κ1) is 21.3. The quantitative estimate of drug-likeness (QED) is 0.337. The molecule has 0 aliphatic carbocycles. The second-order valence-electron chi connectivity index (χ2n) is 3.58.